The first-order chi connectivity index (χ1) is 16.4. The molecule has 3 heterocycles. The molecular weight excluding hydrogens is 449 g/mol. The van der Waals surface area contributed by atoms with Gasteiger partial charge in [0.1, 0.15) is 16.3 Å². The minimum absolute atomic E-state index is 0.0160. The molecular formula is C27H26FN3O2S. The molecule has 1 aliphatic rings. The molecule has 5 nitrogen and oxygen atoms in total. The van der Waals surface area contributed by atoms with Crippen molar-refractivity contribution >= 4 is 33.4 Å². The first kappa shape index (κ1) is 22.3. The molecule has 0 saturated carbocycles. The van der Waals surface area contributed by atoms with Crippen molar-refractivity contribution in [3.8, 4) is 0 Å². The van der Waals surface area contributed by atoms with Gasteiger partial charge in [-0.3, -0.25) is 9.59 Å². The molecule has 174 valence electrons. The van der Waals surface area contributed by atoms with Gasteiger partial charge >= 0.3 is 0 Å². The predicted molar refractivity (Wildman–Crippen MR) is 133 cm³/mol. The molecule has 0 N–H and O–H groups in total. The van der Waals surface area contributed by atoms with Crippen LogP contribution < -0.4 is 0 Å². The van der Waals surface area contributed by atoms with E-state index in [-0.39, 0.29) is 23.7 Å². The van der Waals surface area contributed by atoms with Gasteiger partial charge in [-0.2, -0.15) is 0 Å². The summed E-state index contributed by atoms with van der Waals surface area (Å²) in [5.41, 5.74) is 3.52. The number of aromatic nitrogens is 1. The molecule has 1 atom stereocenters. The number of benzene rings is 2. The Labute approximate surface area is 202 Å². The highest BCUT2D eigenvalue weighted by Gasteiger charge is 2.32. The van der Waals surface area contributed by atoms with Gasteiger partial charge in [0.05, 0.1) is 0 Å². The molecule has 5 rings (SSSR count). The highest BCUT2D eigenvalue weighted by Crippen LogP contribution is 2.28. The van der Waals surface area contributed by atoms with Gasteiger partial charge in [-0.05, 0) is 66.8 Å². The zero-order valence-corrected chi connectivity index (χ0v) is 20.0. The van der Waals surface area contributed by atoms with Gasteiger partial charge in [0.25, 0.3) is 11.8 Å². The zero-order valence-electron chi connectivity index (χ0n) is 19.2. The number of carbonyl (C=O) groups excluding carboxylic acids is 2. The van der Waals surface area contributed by atoms with Crippen LogP contribution in [0, 0.1) is 12.7 Å². The van der Waals surface area contributed by atoms with Gasteiger partial charge in [-0.1, -0.05) is 24.3 Å². The van der Waals surface area contributed by atoms with Crippen molar-refractivity contribution in [2.24, 2.45) is 0 Å². The Balaban J connectivity index is 1.37. The highest BCUT2D eigenvalue weighted by molar-refractivity contribution is 7.16. The fraction of sp³-hybridized carbons (Fsp3) is 0.259. The van der Waals surface area contributed by atoms with Crippen molar-refractivity contribution in [2.45, 2.75) is 26.4 Å². The summed E-state index contributed by atoms with van der Waals surface area (Å²) >= 11 is 1.64. The van der Waals surface area contributed by atoms with E-state index in [4.69, 9.17) is 0 Å². The number of thiophene rings is 1. The first-order valence-electron chi connectivity index (χ1n) is 11.4. The van der Waals surface area contributed by atoms with E-state index in [1.165, 1.54) is 35.4 Å². The predicted octanol–water partition coefficient (Wildman–Crippen LogP) is 5.19. The fourth-order valence-corrected chi connectivity index (χ4v) is 5.53. The van der Waals surface area contributed by atoms with Crippen LogP contribution in [0.4, 0.5) is 4.39 Å². The topological polar surface area (TPSA) is 45.6 Å². The number of hydrogen-bond donors (Lipinski definition) is 0. The number of carbonyl (C=O) groups is 2. The van der Waals surface area contributed by atoms with Crippen LogP contribution in [0.3, 0.4) is 0 Å². The molecule has 2 aromatic heterocycles. The maximum absolute atomic E-state index is 13.7. The van der Waals surface area contributed by atoms with Gasteiger partial charge in [0.2, 0.25) is 0 Å². The molecule has 0 bridgehead atoms. The van der Waals surface area contributed by atoms with E-state index in [1.807, 2.05) is 36.1 Å². The molecule has 4 aromatic rings. The number of piperazine rings is 1. The number of halogens is 1. The third-order valence-corrected chi connectivity index (χ3v) is 7.53. The normalized spacial score (nSPS) is 16.3. The van der Waals surface area contributed by atoms with E-state index in [2.05, 4.69) is 29.0 Å². The lowest BCUT2D eigenvalue weighted by atomic mass is 10.1. The summed E-state index contributed by atoms with van der Waals surface area (Å²) in [6.07, 6.45) is 0. The monoisotopic (exact) mass is 475 g/mol. The maximum atomic E-state index is 13.7. The Bertz CT molecular complexity index is 1360. The van der Waals surface area contributed by atoms with Crippen molar-refractivity contribution in [1.82, 2.24) is 14.4 Å². The number of amides is 2. The summed E-state index contributed by atoms with van der Waals surface area (Å²) in [5, 5.41) is 3.12. The average Bonchev–Trinajstić information content (AvgIpc) is 3.42. The third kappa shape index (κ3) is 4.12. The molecule has 2 aromatic carbocycles. The quantitative estimate of drug-likeness (QED) is 0.408. The van der Waals surface area contributed by atoms with Crippen molar-refractivity contribution in [3.05, 3.63) is 94.2 Å². The summed E-state index contributed by atoms with van der Waals surface area (Å²) in [6.45, 7) is 6.03. The first-order valence-corrected chi connectivity index (χ1v) is 12.3. The molecule has 1 aliphatic heterocycles. The smallest absolute Gasteiger partial charge is 0.270 e. The van der Waals surface area contributed by atoms with Crippen LogP contribution in [0.2, 0.25) is 0 Å². The second-order valence-corrected chi connectivity index (χ2v) is 9.72. The average molecular weight is 476 g/mol. The van der Waals surface area contributed by atoms with Gasteiger partial charge in [-0.15, -0.1) is 11.3 Å². The molecule has 34 heavy (non-hydrogen) atoms. The van der Waals surface area contributed by atoms with E-state index in [9.17, 15) is 14.0 Å². The van der Waals surface area contributed by atoms with Crippen LogP contribution in [-0.4, -0.2) is 51.9 Å². The van der Waals surface area contributed by atoms with Crippen molar-refractivity contribution in [2.75, 3.05) is 19.6 Å². The van der Waals surface area contributed by atoms with Gasteiger partial charge in [0.15, 0.2) is 0 Å². The van der Waals surface area contributed by atoms with E-state index in [0.29, 0.717) is 37.4 Å². The lowest BCUT2D eigenvalue weighted by Crippen LogP contribution is -2.55. The molecule has 1 unspecified atom stereocenters. The van der Waals surface area contributed by atoms with Gasteiger partial charge in [0, 0.05) is 43.2 Å². The Morgan fingerprint density at radius 2 is 1.79 bits per heavy atom. The van der Waals surface area contributed by atoms with Crippen molar-refractivity contribution in [3.63, 3.8) is 0 Å². The van der Waals surface area contributed by atoms with E-state index in [1.54, 1.807) is 16.2 Å². The Kier molecular flexibility index (Phi) is 5.96. The van der Waals surface area contributed by atoms with Crippen LogP contribution in [0.5, 0.6) is 0 Å². The molecule has 1 saturated heterocycles. The Hall–Kier alpha value is -3.45. The second-order valence-electron chi connectivity index (χ2n) is 8.83. The van der Waals surface area contributed by atoms with Crippen LogP contribution in [-0.2, 0) is 6.54 Å². The fourth-order valence-electron chi connectivity index (χ4n) is 4.63. The van der Waals surface area contributed by atoms with Gasteiger partial charge < -0.3 is 14.4 Å². The molecule has 7 heteroatoms. The Morgan fingerprint density at radius 3 is 2.53 bits per heavy atom. The third-order valence-electron chi connectivity index (χ3n) is 6.58. The zero-order chi connectivity index (χ0) is 23.8. The Morgan fingerprint density at radius 1 is 1.03 bits per heavy atom. The summed E-state index contributed by atoms with van der Waals surface area (Å²) < 4.78 is 15.4. The SMILES string of the molecule is Cc1ccccc1Cn1c(C(=O)N2CCN(C(=O)c3ccc(F)cc3)C(C)C2)cc2ccsc21. The number of nitrogens with zero attached hydrogens (tertiary/aromatic N) is 3. The van der Waals surface area contributed by atoms with Crippen LogP contribution >= 0.6 is 11.3 Å². The number of rotatable bonds is 4. The van der Waals surface area contributed by atoms with E-state index in [0.717, 1.165) is 10.2 Å². The summed E-state index contributed by atoms with van der Waals surface area (Å²) in [7, 11) is 0. The van der Waals surface area contributed by atoms with Crippen LogP contribution in [0.25, 0.3) is 10.2 Å². The minimum Gasteiger partial charge on any atom is -0.334 e. The summed E-state index contributed by atoms with van der Waals surface area (Å²) in [6, 6.07) is 17.7. The van der Waals surface area contributed by atoms with E-state index < -0.39 is 0 Å². The minimum atomic E-state index is -0.367. The van der Waals surface area contributed by atoms with E-state index >= 15 is 0 Å². The lowest BCUT2D eigenvalue weighted by molar-refractivity contribution is 0.0409. The molecule has 2 amide bonds. The summed E-state index contributed by atoms with van der Waals surface area (Å²) in [4.78, 5) is 31.3. The molecule has 0 aliphatic carbocycles. The van der Waals surface area contributed by atoms with Crippen LogP contribution in [0.15, 0.2) is 66.0 Å². The van der Waals surface area contributed by atoms with Crippen molar-refractivity contribution in [1.29, 1.82) is 0 Å². The largest absolute Gasteiger partial charge is 0.334 e. The molecule has 1 fully saturated rings. The highest BCUT2D eigenvalue weighted by atomic mass is 32.1. The number of hydrogen-bond acceptors (Lipinski definition) is 3. The second kappa shape index (κ2) is 9.06. The maximum Gasteiger partial charge on any atom is 0.270 e. The molecule has 0 radical (unpaired) electrons. The summed E-state index contributed by atoms with van der Waals surface area (Å²) in [5.74, 6) is -0.519. The standard InChI is InChI=1S/C27H26FN3O2S/c1-18-5-3-4-6-22(18)17-31-24(15-21-11-14-34-27(21)31)26(33)29-12-13-30(19(2)16-29)25(32)20-7-9-23(28)10-8-20/h3-11,14-15,19H,12-13,16-17H2,1-2H3. The lowest BCUT2D eigenvalue weighted by Gasteiger charge is -2.40. The number of fused-ring (bicyclic) bond motifs is 1. The van der Waals surface area contributed by atoms with Gasteiger partial charge in [-0.25, -0.2) is 4.39 Å². The van der Waals surface area contributed by atoms with Crippen molar-refractivity contribution < 1.29 is 14.0 Å². The van der Waals surface area contributed by atoms with Crippen LogP contribution in [0.1, 0.15) is 38.9 Å². The molecule has 0 spiro atoms. The number of aryl methyl sites for hydroxylation is 1.